The highest BCUT2D eigenvalue weighted by Gasteiger charge is 2.37. The molecule has 2 heterocycles. The third kappa shape index (κ3) is 4.27. The number of carboxylic acid groups (broad SMARTS) is 1. The SMILES string of the molecule is Cc1sc([C@@H]2C[C@@H](F)CN2C(=O)CNS(C)(=O)=O)cc1C(=O)O. The first-order valence-electron chi connectivity index (χ1n) is 6.80. The molecule has 1 aromatic rings. The third-order valence-corrected chi connectivity index (χ3v) is 5.37. The Morgan fingerprint density at radius 2 is 2.17 bits per heavy atom. The van der Waals surface area contributed by atoms with Gasteiger partial charge in [0.05, 0.1) is 31.0 Å². The van der Waals surface area contributed by atoms with E-state index >= 15 is 0 Å². The number of aryl methyl sites for hydroxylation is 1. The van der Waals surface area contributed by atoms with E-state index in [9.17, 15) is 22.4 Å². The molecule has 0 radical (unpaired) electrons. The molecule has 1 saturated heterocycles. The van der Waals surface area contributed by atoms with Gasteiger partial charge in [0.1, 0.15) is 6.17 Å². The summed E-state index contributed by atoms with van der Waals surface area (Å²) in [5.41, 5.74) is 0.133. The van der Waals surface area contributed by atoms with Gasteiger partial charge < -0.3 is 10.0 Å². The first-order valence-corrected chi connectivity index (χ1v) is 9.51. The number of thiophene rings is 1. The lowest BCUT2D eigenvalue weighted by Gasteiger charge is -2.23. The summed E-state index contributed by atoms with van der Waals surface area (Å²) in [5.74, 6) is -1.61. The molecule has 0 aromatic carbocycles. The molecular weight excluding hydrogens is 347 g/mol. The Labute approximate surface area is 137 Å². The quantitative estimate of drug-likeness (QED) is 0.808. The number of sulfonamides is 1. The van der Waals surface area contributed by atoms with Crippen LogP contribution < -0.4 is 4.72 Å². The van der Waals surface area contributed by atoms with Crippen LogP contribution in [-0.2, 0) is 14.8 Å². The normalized spacial score (nSPS) is 21.6. The molecule has 1 amide bonds. The number of nitrogens with one attached hydrogen (secondary N) is 1. The first-order chi connectivity index (χ1) is 10.6. The maximum atomic E-state index is 13.8. The van der Waals surface area contributed by atoms with Crippen LogP contribution in [0.2, 0.25) is 0 Å². The number of carboxylic acids is 1. The fraction of sp³-hybridized carbons (Fsp3) is 0.538. The van der Waals surface area contributed by atoms with Crippen molar-refractivity contribution in [3.8, 4) is 0 Å². The number of nitrogens with zero attached hydrogens (tertiary/aromatic N) is 1. The highest BCUT2D eigenvalue weighted by Crippen LogP contribution is 2.38. The number of rotatable bonds is 5. The molecule has 23 heavy (non-hydrogen) atoms. The minimum absolute atomic E-state index is 0.0730. The maximum absolute atomic E-state index is 13.8. The predicted octanol–water partition coefficient (Wildman–Crippen LogP) is 0.915. The lowest BCUT2D eigenvalue weighted by Crippen LogP contribution is -2.39. The van der Waals surface area contributed by atoms with Gasteiger partial charge in [-0.2, -0.15) is 0 Å². The zero-order chi connectivity index (χ0) is 17.4. The average molecular weight is 364 g/mol. The largest absolute Gasteiger partial charge is 0.478 e. The van der Waals surface area contributed by atoms with Crippen molar-refractivity contribution in [2.24, 2.45) is 0 Å². The molecule has 128 valence electrons. The average Bonchev–Trinajstić information content (AvgIpc) is 2.98. The van der Waals surface area contributed by atoms with Crippen molar-refractivity contribution in [2.45, 2.75) is 25.6 Å². The molecule has 1 fully saturated rings. The van der Waals surface area contributed by atoms with Gasteiger partial charge in [0.2, 0.25) is 15.9 Å². The number of carbonyl (C=O) groups is 2. The van der Waals surface area contributed by atoms with Crippen LogP contribution in [0.15, 0.2) is 6.07 Å². The number of amides is 1. The van der Waals surface area contributed by atoms with Crippen molar-refractivity contribution in [3.05, 3.63) is 21.4 Å². The number of likely N-dealkylation sites (tertiary alicyclic amines) is 1. The lowest BCUT2D eigenvalue weighted by molar-refractivity contribution is -0.131. The first kappa shape index (κ1) is 17.8. The smallest absolute Gasteiger partial charge is 0.336 e. The molecule has 2 N–H and O–H groups in total. The summed E-state index contributed by atoms with van der Waals surface area (Å²) in [5, 5.41) is 9.10. The second kappa shape index (κ2) is 6.54. The van der Waals surface area contributed by atoms with E-state index < -0.39 is 40.7 Å². The summed E-state index contributed by atoms with van der Waals surface area (Å²) in [7, 11) is -3.52. The Morgan fingerprint density at radius 1 is 1.52 bits per heavy atom. The van der Waals surface area contributed by atoms with Gasteiger partial charge in [0.25, 0.3) is 0 Å². The maximum Gasteiger partial charge on any atom is 0.336 e. The summed E-state index contributed by atoms with van der Waals surface area (Å²) in [6.45, 7) is 1.07. The summed E-state index contributed by atoms with van der Waals surface area (Å²) in [6.07, 6.45) is -0.219. The van der Waals surface area contributed by atoms with E-state index in [1.54, 1.807) is 6.92 Å². The monoisotopic (exact) mass is 364 g/mol. The Hall–Kier alpha value is -1.52. The Balaban J connectivity index is 2.21. The molecule has 1 aliphatic heterocycles. The zero-order valence-corrected chi connectivity index (χ0v) is 14.2. The zero-order valence-electron chi connectivity index (χ0n) is 12.6. The number of hydrogen-bond acceptors (Lipinski definition) is 5. The van der Waals surface area contributed by atoms with Crippen LogP contribution in [-0.4, -0.2) is 55.8 Å². The topological polar surface area (TPSA) is 104 Å². The van der Waals surface area contributed by atoms with Crippen molar-refractivity contribution in [3.63, 3.8) is 0 Å². The van der Waals surface area contributed by atoms with Crippen molar-refractivity contribution in [1.82, 2.24) is 9.62 Å². The molecule has 0 aliphatic carbocycles. The van der Waals surface area contributed by atoms with Crippen molar-refractivity contribution in [1.29, 1.82) is 0 Å². The molecular formula is C13H17FN2O5S2. The van der Waals surface area contributed by atoms with Crippen molar-refractivity contribution in [2.75, 3.05) is 19.3 Å². The van der Waals surface area contributed by atoms with Gasteiger partial charge >= 0.3 is 5.97 Å². The molecule has 0 unspecified atom stereocenters. The van der Waals surface area contributed by atoms with E-state index in [0.29, 0.717) is 9.75 Å². The van der Waals surface area contributed by atoms with Crippen molar-refractivity contribution < 1.29 is 27.5 Å². The van der Waals surface area contributed by atoms with E-state index in [1.807, 2.05) is 0 Å². The van der Waals surface area contributed by atoms with E-state index in [2.05, 4.69) is 4.72 Å². The van der Waals surface area contributed by atoms with Crippen LogP contribution in [0, 0.1) is 6.92 Å². The fourth-order valence-corrected chi connectivity index (χ4v) is 4.04. The Kier molecular flexibility index (Phi) is 5.07. The Morgan fingerprint density at radius 3 is 2.70 bits per heavy atom. The van der Waals surface area contributed by atoms with Crippen LogP contribution in [0.3, 0.4) is 0 Å². The second-order valence-electron chi connectivity index (χ2n) is 5.41. The van der Waals surface area contributed by atoms with Crippen LogP contribution in [0.5, 0.6) is 0 Å². The minimum atomic E-state index is -3.52. The third-order valence-electron chi connectivity index (χ3n) is 3.55. The highest BCUT2D eigenvalue weighted by molar-refractivity contribution is 7.88. The molecule has 1 aromatic heterocycles. The van der Waals surface area contributed by atoms with E-state index in [4.69, 9.17) is 5.11 Å². The summed E-state index contributed by atoms with van der Waals surface area (Å²) in [6, 6.07) is 0.880. The van der Waals surface area contributed by atoms with Crippen LogP contribution >= 0.6 is 11.3 Å². The molecule has 7 nitrogen and oxygen atoms in total. The van der Waals surface area contributed by atoms with Crippen LogP contribution in [0.1, 0.15) is 32.6 Å². The number of aromatic carboxylic acids is 1. The minimum Gasteiger partial charge on any atom is -0.478 e. The summed E-state index contributed by atoms with van der Waals surface area (Å²) in [4.78, 5) is 25.7. The molecule has 0 spiro atoms. The van der Waals surface area contributed by atoms with Gasteiger partial charge in [-0.15, -0.1) is 11.3 Å². The summed E-state index contributed by atoms with van der Waals surface area (Å²) < 4.78 is 38.0. The highest BCUT2D eigenvalue weighted by atomic mass is 32.2. The number of alkyl halides is 1. The fourth-order valence-electron chi connectivity index (χ4n) is 2.51. The van der Waals surface area contributed by atoms with Gasteiger partial charge in [-0.05, 0) is 13.0 Å². The van der Waals surface area contributed by atoms with E-state index in [1.165, 1.54) is 22.3 Å². The molecule has 10 heteroatoms. The lowest BCUT2D eigenvalue weighted by atomic mass is 10.1. The van der Waals surface area contributed by atoms with Gasteiger partial charge in [-0.25, -0.2) is 22.3 Å². The van der Waals surface area contributed by atoms with Gasteiger partial charge in [0, 0.05) is 16.2 Å². The number of carbonyl (C=O) groups excluding carboxylic acids is 1. The van der Waals surface area contributed by atoms with Gasteiger partial charge in [0.15, 0.2) is 0 Å². The van der Waals surface area contributed by atoms with Gasteiger partial charge in [-0.3, -0.25) is 4.79 Å². The second-order valence-corrected chi connectivity index (χ2v) is 8.53. The Bertz CT molecular complexity index is 731. The van der Waals surface area contributed by atoms with E-state index in [-0.39, 0.29) is 18.5 Å². The molecule has 2 atom stereocenters. The van der Waals surface area contributed by atoms with Gasteiger partial charge in [-0.1, -0.05) is 0 Å². The van der Waals surface area contributed by atoms with E-state index in [0.717, 1.165) is 6.26 Å². The van der Waals surface area contributed by atoms with Crippen LogP contribution in [0.4, 0.5) is 4.39 Å². The molecule has 0 bridgehead atoms. The number of halogens is 1. The van der Waals surface area contributed by atoms with Crippen LogP contribution in [0.25, 0.3) is 0 Å². The predicted molar refractivity (Wildman–Crippen MR) is 82.8 cm³/mol. The summed E-state index contributed by atoms with van der Waals surface area (Å²) >= 11 is 1.21. The van der Waals surface area contributed by atoms with Crippen molar-refractivity contribution >= 4 is 33.2 Å². The number of hydrogen-bond donors (Lipinski definition) is 2. The molecule has 2 rings (SSSR count). The molecule has 1 aliphatic rings. The molecule has 0 saturated carbocycles. The standard InChI is InChI=1S/C13H17FN2O5S2/c1-7-9(13(18)19)4-11(22-7)10-3-8(14)6-16(10)12(17)5-15-23(2,20)21/h4,8,10,15H,3,5-6H2,1-2H3,(H,18,19)/t8-,10+/m1/s1.